The Hall–Kier alpha value is -2.38. The van der Waals surface area contributed by atoms with Crippen molar-refractivity contribution < 1.29 is 4.74 Å². The van der Waals surface area contributed by atoms with Crippen molar-refractivity contribution in [3.05, 3.63) is 36.4 Å². The molecule has 2 aliphatic rings. The number of aromatic nitrogens is 4. The number of hydrogen-bond donors (Lipinski definition) is 1. The Balaban J connectivity index is 1.37. The van der Waals surface area contributed by atoms with Crippen molar-refractivity contribution in [3.8, 4) is 16.9 Å². The van der Waals surface area contributed by atoms with Crippen molar-refractivity contribution in [2.45, 2.75) is 50.7 Å². The zero-order valence-electron chi connectivity index (χ0n) is 16.6. The smallest absolute Gasteiger partial charge is 0.145 e. The zero-order chi connectivity index (χ0) is 19.3. The van der Waals surface area contributed by atoms with E-state index in [1.165, 1.54) is 5.69 Å². The van der Waals surface area contributed by atoms with E-state index in [0.717, 1.165) is 61.2 Å². The monoisotopic (exact) mass is 380 g/mol. The molecule has 1 aliphatic carbocycles. The van der Waals surface area contributed by atoms with Crippen molar-refractivity contribution in [1.29, 1.82) is 0 Å². The lowest BCUT2D eigenvalue weighted by atomic mass is 9.85. The predicted molar refractivity (Wildman–Crippen MR) is 109 cm³/mol. The molecule has 1 saturated carbocycles. The first-order valence-corrected chi connectivity index (χ1v) is 10.2. The topological polar surface area (TPSA) is 73.6 Å². The highest BCUT2D eigenvalue weighted by atomic mass is 16.5. The number of hydrogen-bond acceptors (Lipinski definition) is 5. The van der Waals surface area contributed by atoms with Crippen molar-refractivity contribution >= 4 is 5.52 Å². The quantitative estimate of drug-likeness (QED) is 0.753. The molecule has 1 aliphatic heterocycles. The number of rotatable bonds is 4. The van der Waals surface area contributed by atoms with Crippen LogP contribution in [0.3, 0.4) is 0 Å². The van der Waals surface area contributed by atoms with Crippen LogP contribution in [0.2, 0.25) is 0 Å². The molecular formula is C21H28N6O. The molecule has 0 aromatic carbocycles. The van der Waals surface area contributed by atoms with Crippen LogP contribution < -0.4 is 10.5 Å². The van der Waals surface area contributed by atoms with Crippen LogP contribution >= 0.6 is 0 Å². The van der Waals surface area contributed by atoms with Gasteiger partial charge in [-0.3, -0.25) is 4.68 Å². The van der Waals surface area contributed by atoms with Crippen LogP contribution in [0.4, 0.5) is 0 Å². The van der Waals surface area contributed by atoms with Crippen LogP contribution in [0.1, 0.15) is 37.4 Å². The molecule has 7 heteroatoms. The normalized spacial score (nSPS) is 23.8. The molecular weight excluding hydrogens is 352 g/mol. The Labute approximate surface area is 165 Å². The molecule has 1 saturated heterocycles. The van der Waals surface area contributed by atoms with Gasteiger partial charge in [0.15, 0.2) is 0 Å². The summed E-state index contributed by atoms with van der Waals surface area (Å²) in [5, 5.41) is 9.14. The summed E-state index contributed by atoms with van der Waals surface area (Å²) in [7, 11) is 1.70. The first-order valence-electron chi connectivity index (χ1n) is 10.2. The molecule has 2 fully saturated rings. The van der Waals surface area contributed by atoms with Gasteiger partial charge in [-0.1, -0.05) is 0 Å². The van der Waals surface area contributed by atoms with Crippen LogP contribution in [0, 0.1) is 6.92 Å². The Morgan fingerprint density at radius 2 is 1.93 bits per heavy atom. The number of nitrogens with zero attached hydrogens (tertiary/aromatic N) is 5. The molecule has 28 heavy (non-hydrogen) atoms. The highest BCUT2D eigenvalue weighted by Crippen LogP contribution is 2.34. The summed E-state index contributed by atoms with van der Waals surface area (Å²) in [6.45, 7) is 4.45. The number of fused-ring (bicyclic) bond motifs is 1. The third kappa shape index (κ3) is 2.89. The molecule has 148 valence electrons. The van der Waals surface area contributed by atoms with Gasteiger partial charge in [-0.2, -0.15) is 10.2 Å². The van der Waals surface area contributed by atoms with Gasteiger partial charge in [0.25, 0.3) is 0 Å². The first kappa shape index (κ1) is 17.7. The Morgan fingerprint density at radius 1 is 1.14 bits per heavy atom. The van der Waals surface area contributed by atoms with Crippen LogP contribution in [0.5, 0.6) is 5.75 Å². The second kappa shape index (κ2) is 6.90. The van der Waals surface area contributed by atoms with Gasteiger partial charge < -0.3 is 15.4 Å². The molecule has 0 unspecified atom stereocenters. The fourth-order valence-corrected chi connectivity index (χ4v) is 4.81. The van der Waals surface area contributed by atoms with Crippen molar-refractivity contribution in [1.82, 2.24) is 24.3 Å². The van der Waals surface area contributed by atoms with E-state index in [2.05, 4.69) is 33.9 Å². The molecule has 4 heterocycles. The Kier molecular flexibility index (Phi) is 4.36. The minimum absolute atomic E-state index is 0.419. The average Bonchev–Trinajstić information content (AvgIpc) is 3.31. The van der Waals surface area contributed by atoms with Gasteiger partial charge in [0.05, 0.1) is 25.5 Å². The van der Waals surface area contributed by atoms with E-state index >= 15 is 0 Å². The summed E-state index contributed by atoms with van der Waals surface area (Å²) in [4.78, 5) is 2.62. The van der Waals surface area contributed by atoms with Crippen LogP contribution in [0.15, 0.2) is 30.7 Å². The third-order valence-electron chi connectivity index (χ3n) is 6.56. The minimum Gasteiger partial charge on any atom is -0.494 e. The lowest BCUT2D eigenvalue weighted by Gasteiger charge is -2.44. The molecule has 0 radical (unpaired) electrons. The lowest BCUT2D eigenvalue weighted by Crippen LogP contribution is -2.52. The van der Waals surface area contributed by atoms with E-state index in [9.17, 15) is 0 Å². The molecule has 0 spiro atoms. The van der Waals surface area contributed by atoms with Gasteiger partial charge in [-0.25, -0.2) is 4.52 Å². The lowest BCUT2D eigenvalue weighted by molar-refractivity contribution is 0.0722. The summed E-state index contributed by atoms with van der Waals surface area (Å²) < 4.78 is 9.66. The highest BCUT2D eigenvalue weighted by Gasteiger charge is 2.34. The molecule has 5 rings (SSSR count). The number of likely N-dealkylation sites (tertiary alicyclic amines) is 1. The Morgan fingerprint density at radius 3 is 2.64 bits per heavy atom. The summed E-state index contributed by atoms with van der Waals surface area (Å²) in [5.74, 6) is 0.828. The fourth-order valence-electron chi connectivity index (χ4n) is 4.81. The fraction of sp³-hybridized carbons (Fsp3) is 0.524. The first-order chi connectivity index (χ1) is 13.6. The van der Waals surface area contributed by atoms with Gasteiger partial charge in [0, 0.05) is 48.2 Å². The van der Waals surface area contributed by atoms with Crippen molar-refractivity contribution in [3.63, 3.8) is 0 Å². The molecule has 0 amide bonds. The third-order valence-corrected chi connectivity index (χ3v) is 6.56. The summed E-state index contributed by atoms with van der Waals surface area (Å²) in [6.07, 6.45) is 10.4. The van der Waals surface area contributed by atoms with E-state index in [4.69, 9.17) is 15.6 Å². The average molecular weight is 380 g/mol. The van der Waals surface area contributed by atoms with Crippen LogP contribution in [0.25, 0.3) is 16.6 Å². The highest BCUT2D eigenvalue weighted by molar-refractivity contribution is 5.71. The second-order valence-electron chi connectivity index (χ2n) is 8.20. The van der Waals surface area contributed by atoms with Gasteiger partial charge >= 0.3 is 0 Å². The van der Waals surface area contributed by atoms with Crippen molar-refractivity contribution in [2.24, 2.45) is 5.73 Å². The molecule has 0 atom stereocenters. The summed E-state index contributed by atoms with van der Waals surface area (Å²) in [5.41, 5.74) is 10.4. The molecule has 3 aromatic rings. The second-order valence-corrected chi connectivity index (χ2v) is 8.20. The number of methoxy groups -OCH3 is 1. The van der Waals surface area contributed by atoms with Gasteiger partial charge in [-0.05, 0) is 44.7 Å². The maximum Gasteiger partial charge on any atom is 0.145 e. The van der Waals surface area contributed by atoms with Crippen molar-refractivity contribution in [2.75, 3.05) is 20.2 Å². The summed E-state index contributed by atoms with van der Waals surface area (Å²) in [6, 6.07) is 5.63. The molecule has 2 N–H and O–H groups in total. The van der Waals surface area contributed by atoms with Crippen LogP contribution in [-0.4, -0.2) is 56.6 Å². The van der Waals surface area contributed by atoms with E-state index in [1.54, 1.807) is 13.3 Å². The molecule has 3 aromatic heterocycles. The molecule has 7 nitrogen and oxygen atoms in total. The van der Waals surface area contributed by atoms with E-state index in [0.29, 0.717) is 18.1 Å². The summed E-state index contributed by atoms with van der Waals surface area (Å²) >= 11 is 0. The van der Waals surface area contributed by atoms with Crippen LogP contribution in [-0.2, 0) is 0 Å². The maximum absolute atomic E-state index is 5.96. The van der Waals surface area contributed by atoms with E-state index in [1.807, 2.05) is 16.8 Å². The molecule has 0 bridgehead atoms. The largest absolute Gasteiger partial charge is 0.494 e. The minimum atomic E-state index is 0.419. The Bertz CT molecular complexity index is 978. The van der Waals surface area contributed by atoms with E-state index < -0.39 is 0 Å². The number of pyridine rings is 1. The predicted octanol–water partition coefficient (Wildman–Crippen LogP) is 2.64. The maximum atomic E-state index is 5.96. The standard InChI is InChI=1S/C21H28N6O/c1-14-19(15-9-21(28-2)20-3-6-23-26(20)13-15)12-24-27(14)17-4-7-25(8-5-17)18-10-16(22)11-18/h3,6,9,12-13,16-18H,4-5,7-8,10-11,22H2,1-2H3. The SMILES string of the molecule is COc1cc(-c2cnn(C3CCN(C4CC(N)C4)CC3)c2C)cn2nccc12. The van der Waals surface area contributed by atoms with E-state index in [-0.39, 0.29) is 0 Å². The van der Waals surface area contributed by atoms with Gasteiger partial charge in [0.2, 0.25) is 0 Å². The number of ether oxygens (including phenoxy) is 1. The number of piperidine rings is 1. The van der Waals surface area contributed by atoms with Gasteiger partial charge in [-0.15, -0.1) is 0 Å². The van der Waals surface area contributed by atoms with Gasteiger partial charge in [0.1, 0.15) is 11.3 Å². The zero-order valence-corrected chi connectivity index (χ0v) is 16.6. The number of nitrogens with two attached hydrogens (primary N) is 1.